The number of benzene rings is 1. The third-order valence-electron chi connectivity index (χ3n) is 2.50. The second-order valence-corrected chi connectivity index (χ2v) is 7.01. The Bertz CT molecular complexity index is 652. The van der Waals surface area contributed by atoms with Crippen LogP contribution in [0.2, 0.25) is 5.02 Å². The Morgan fingerprint density at radius 1 is 1.55 bits per heavy atom. The topological polar surface area (TPSA) is 113 Å². The lowest BCUT2D eigenvalue weighted by Gasteiger charge is -2.12. The second kappa shape index (κ2) is 6.70. The molecule has 1 atom stereocenters. The van der Waals surface area contributed by atoms with E-state index in [1.54, 1.807) is 0 Å². The summed E-state index contributed by atoms with van der Waals surface area (Å²) in [5, 5.41) is 11.8. The number of hydrogen-bond donors (Lipinski definition) is 2. The van der Waals surface area contributed by atoms with E-state index in [9.17, 15) is 13.2 Å². The number of nitriles is 1. The van der Waals surface area contributed by atoms with Crippen LogP contribution < -0.4 is 11.1 Å². The fraction of sp³-hybridized carbons (Fsp3) is 0.333. The number of hydrogen-bond acceptors (Lipinski definition) is 5. The number of halogens is 1. The van der Waals surface area contributed by atoms with E-state index in [0.717, 1.165) is 6.26 Å². The Labute approximate surface area is 122 Å². The van der Waals surface area contributed by atoms with Gasteiger partial charge in [0.1, 0.15) is 15.9 Å². The minimum absolute atomic E-state index is 0.00706. The molecule has 0 aliphatic carbocycles. The third kappa shape index (κ3) is 5.17. The molecule has 1 unspecified atom stereocenters. The van der Waals surface area contributed by atoms with Gasteiger partial charge >= 0.3 is 0 Å². The lowest BCUT2D eigenvalue weighted by atomic mass is 10.1. The molecule has 1 amide bonds. The van der Waals surface area contributed by atoms with Crippen molar-refractivity contribution in [1.29, 1.82) is 5.26 Å². The van der Waals surface area contributed by atoms with Crippen molar-refractivity contribution in [3.63, 3.8) is 0 Å². The van der Waals surface area contributed by atoms with Crippen molar-refractivity contribution < 1.29 is 13.2 Å². The predicted molar refractivity (Wildman–Crippen MR) is 77.1 cm³/mol. The quantitative estimate of drug-likeness (QED) is 0.838. The first-order valence-electron chi connectivity index (χ1n) is 5.67. The number of nitrogens with zero attached hydrogens (tertiary/aromatic N) is 1. The second-order valence-electron chi connectivity index (χ2n) is 4.32. The lowest BCUT2D eigenvalue weighted by Crippen LogP contribution is -2.37. The normalized spacial score (nSPS) is 12.5. The average Bonchev–Trinajstić information content (AvgIpc) is 2.35. The van der Waals surface area contributed by atoms with Crippen LogP contribution in [0.3, 0.4) is 0 Å². The molecule has 3 N–H and O–H groups in total. The first-order valence-corrected chi connectivity index (χ1v) is 8.10. The van der Waals surface area contributed by atoms with Gasteiger partial charge in [0.15, 0.2) is 0 Å². The summed E-state index contributed by atoms with van der Waals surface area (Å²) in [6.45, 7) is 0. The van der Waals surface area contributed by atoms with Gasteiger partial charge in [-0.25, -0.2) is 8.42 Å². The maximum Gasteiger partial charge on any atom is 0.241 e. The van der Waals surface area contributed by atoms with E-state index in [2.05, 4.69) is 5.32 Å². The Morgan fingerprint density at radius 2 is 2.20 bits per heavy atom. The zero-order valence-electron chi connectivity index (χ0n) is 10.8. The molecule has 0 spiro atoms. The minimum Gasteiger partial charge on any atom is -0.323 e. The van der Waals surface area contributed by atoms with Crippen molar-refractivity contribution in [3.8, 4) is 6.07 Å². The van der Waals surface area contributed by atoms with E-state index in [0.29, 0.717) is 5.02 Å². The van der Waals surface area contributed by atoms with E-state index in [-0.39, 0.29) is 23.4 Å². The van der Waals surface area contributed by atoms with Gasteiger partial charge in [-0.3, -0.25) is 4.79 Å². The van der Waals surface area contributed by atoms with Gasteiger partial charge < -0.3 is 11.1 Å². The molecular weight excluding hydrogens is 302 g/mol. The molecule has 0 aliphatic heterocycles. The Hall–Kier alpha value is -1.62. The molecule has 1 aromatic rings. The summed E-state index contributed by atoms with van der Waals surface area (Å²) in [5.74, 6) is -0.741. The molecule has 6 nitrogen and oxygen atoms in total. The highest BCUT2D eigenvalue weighted by Crippen LogP contribution is 2.20. The van der Waals surface area contributed by atoms with Crippen LogP contribution in [0, 0.1) is 11.3 Å². The summed E-state index contributed by atoms with van der Waals surface area (Å²) < 4.78 is 22.0. The van der Waals surface area contributed by atoms with Crippen molar-refractivity contribution in [3.05, 3.63) is 28.8 Å². The summed E-state index contributed by atoms with van der Waals surface area (Å²) in [6, 6.07) is 5.37. The SMILES string of the molecule is CS(=O)(=O)CCC(N)C(=O)Nc1cc(Cl)ccc1C#N. The molecular formula is C12H14ClN3O3S. The predicted octanol–water partition coefficient (Wildman–Crippen LogP) is 0.912. The minimum atomic E-state index is -3.18. The summed E-state index contributed by atoms with van der Waals surface area (Å²) >= 11 is 5.79. The smallest absolute Gasteiger partial charge is 0.241 e. The van der Waals surface area contributed by atoms with Gasteiger partial charge in [-0.05, 0) is 24.6 Å². The van der Waals surface area contributed by atoms with E-state index in [4.69, 9.17) is 22.6 Å². The molecule has 0 aliphatic rings. The summed E-state index contributed by atoms with van der Waals surface area (Å²) in [4.78, 5) is 11.8. The average molecular weight is 316 g/mol. The molecule has 20 heavy (non-hydrogen) atoms. The molecule has 0 saturated carbocycles. The van der Waals surface area contributed by atoms with E-state index in [1.165, 1.54) is 18.2 Å². The third-order valence-corrected chi connectivity index (χ3v) is 3.71. The zero-order valence-corrected chi connectivity index (χ0v) is 12.3. The highest BCUT2D eigenvalue weighted by molar-refractivity contribution is 7.90. The van der Waals surface area contributed by atoms with Gasteiger partial charge in [-0.2, -0.15) is 5.26 Å². The maximum atomic E-state index is 11.8. The first kappa shape index (κ1) is 16.4. The lowest BCUT2D eigenvalue weighted by molar-refractivity contribution is -0.117. The zero-order chi connectivity index (χ0) is 15.3. The largest absolute Gasteiger partial charge is 0.323 e. The first-order chi connectivity index (χ1) is 9.23. The van der Waals surface area contributed by atoms with Crippen LogP contribution in [0.25, 0.3) is 0 Å². The van der Waals surface area contributed by atoms with Crippen molar-refractivity contribution in [2.24, 2.45) is 5.73 Å². The van der Waals surface area contributed by atoms with Gasteiger partial charge in [0.05, 0.1) is 23.0 Å². The molecule has 8 heteroatoms. The fourth-order valence-corrected chi connectivity index (χ4v) is 2.27. The Balaban J connectivity index is 2.76. The monoisotopic (exact) mass is 315 g/mol. The summed E-state index contributed by atoms with van der Waals surface area (Å²) in [7, 11) is -3.18. The van der Waals surface area contributed by atoms with Crippen molar-refractivity contribution >= 4 is 33.0 Å². The number of carbonyl (C=O) groups is 1. The number of amides is 1. The highest BCUT2D eigenvalue weighted by Gasteiger charge is 2.17. The number of nitrogens with two attached hydrogens (primary N) is 1. The number of carbonyl (C=O) groups excluding carboxylic acids is 1. The number of rotatable bonds is 5. The van der Waals surface area contributed by atoms with Crippen molar-refractivity contribution in [2.75, 3.05) is 17.3 Å². The van der Waals surface area contributed by atoms with Gasteiger partial charge in [-0.1, -0.05) is 11.6 Å². The van der Waals surface area contributed by atoms with E-state index >= 15 is 0 Å². The van der Waals surface area contributed by atoms with Gasteiger partial charge in [0, 0.05) is 11.3 Å². The summed E-state index contributed by atoms with van der Waals surface area (Å²) in [6.07, 6.45) is 1.08. The van der Waals surface area contributed by atoms with Gasteiger partial charge in [0.2, 0.25) is 5.91 Å². The standard InChI is InChI=1S/C12H14ClN3O3S/c1-20(18,19)5-4-10(15)12(17)16-11-6-9(13)3-2-8(11)7-14/h2-3,6,10H,4-5,15H2,1H3,(H,16,17). The van der Waals surface area contributed by atoms with Crippen molar-refractivity contribution in [1.82, 2.24) is 0 Å². The molecule has 0 saturated heterocycles. The number of sulfone groups is 1. The molecule has 0 aromatic heterocycles. The molecule has 0 bridgehead atoms. The van der Waals surface area contributed by atoms with Crippen molar-refractivity contribution in [2.45, 2.75) is 12.5 Å². The summed E-state index contributed by atoms with van der Waals surface area (Å²) in [5.41, 5.74) is 6.11. The van der Waals surface area contributed by atoms with Crippen LogP contribution in [-0.2, 0) is 14.6 Å². The molecule has 0 fully saturated rings. The van der Waals surface area contributed by atoms with E-state index in [1.807, 2.05) is 6.07 Å². The number of nitrogens with one attached hydrogen (secondary N) is 1. The molecule has 0 radical (unpaired) electrons. The fourth-order valence-electron chi connectivity index (χ4n) is 1.41. The van der Waals surface area contributed by atoms with Crippen LogP contribution in [0.5, 0.6) is 0 Å². The van der Waals surface area contributed by atoms with Crippen LogP contribution in [0.4, 0.5) is 5.69 Å². The van der Waals surface area contributed by atoms with Gasteiger partial charge in [0.25, 0.3) is 0 Å². The maximum absolute atomic E-state index is 11.8. The van der Waals surface area contributed by atoms with E-state index < -0.39 is 21.8 Å². The molecule has 1 aromatic carbocycles. The van der Waals surface area contributed by atoms with Crippen LogP contribution >= 0.6 is 11.6 Å². The number of anilines is 1. The van der Waals surface area contributed by atoms with Gasteiger partial charge in [-0.15, -0.1) is 0 Å². The molecule has 1 rings (SSSR count). The van der Waals surface area contributed by atoms with Crippen LogP contribution in [0.1, 0.15) is 12.0 Å². The Kier molecular flexibility index (Phi) is 5.51. The molecule has 108 valence electrons. The highest BCUT2D eigenvalue weighted by atomic mass is 35.5. The Morgan fingerprint density at radius 3 is 2.75 bits per heavy atom. The van der Waals surface area contributed by atoms with Crippen LogP contribution in [-0.4, -0.2) is 32.4 Å². The molecule has 0 heterocycles. The van der Waals surface area contributed by atoms with Crippen LogP contribution in [0.15, 0.2) is 18.2 Å².